The van der Waals surface area contributed by atoms with E-state index >= 15 is 0 Å². The van der Waals surface area contributed by atoms with Crippen LogP contribution in [0.15, 0.2) is 24.4 Å². The number of nitrogens with zero attached hydrogens (tertiary/aromatic N) is 3. The van der Waals surface area contributed by atoms with Crippen molar-refractivity contribution in [3.63, 3.8) is 0 Å². The van der Waals surface area contributed by atoms with Crippen LogP contribution in [0.2, 0.25) is 0 Å². The van der Waals surface area contributed by atoms with Crippen molar-refractivity contribution >= 4 is 33.6 Å². The largest absolute Gasteiger partial charge is 0.399 e. The minimum Gasteiger partial charge on any atom is -0.399 e. The Balaban J connectivity index is 2.56. The summed E-state index contributed by atoms with van der Waals surface area (Å²) in [6.45, 7) is 2.89. The van der Waals surface area contributed by atoms with Crippen molar-refractivity contribution in [2.24, 2.45) is 0 Å². The van der Waals surface area contributed by atoms with Gasteiger partial charge in [0, 0.05) is 29.2 Å². The molecule has 0 aliphatic carbocycles. The molecule has 0 aliphatic heterocycles. The summed E-state index contributed by atoms with van der Waals surface area (Å²) in [5.41, 5.74) is 14.1. The number of rotatable bonds is 1. The number of benzene rings is 1. The highest BCUT2D eigenvalue weighted by Crippen LogP contribution is 2.28. The van der Waals surface area contributed by atoms with Crippen LogP contribution < -0.4 is 11.5 Å². The number of fused-ring (bicyclic) bond motifs is 3. The molecule has 0 bridgehead atoms. The van der Waals surface area contributed by atoms with Crippen LogP contribution in [0, 0.1) is 0 Å². The van der Waals surface area contributed by atoms with Crippen molar-refractivity contribution in [2.45, 2.75) is 13.5 Å². The molecular formula is C12H13N5. The van der Waals surface area contributed by atoms with Crippen molar-refractivity contribution in [1.29, 1.82) is 0 Å². The molecule has 0 saturated carbocycles. The number of anilines is 2. The number of nitrogen functional groups attached to an aromatic ring is 2. The molecule has 3 rings (SSSR count). The maximum absolute atomic E-state index is 5.83. The lowest BCUT2D eigenvalue weighted by Crippen LogP contribution is -1.99. The minimum absolute atomic E-state index is 0.294. The molecule has 5 heteroatoms. The summed E-state index contributed by atoms with van der Waals surface area (Å²) in [7, 11) is 0. The van der Waals surface area contributed by atoms with Crippen molar-refractivity contribution < 1.29 is 0 Å². The average Bonchev–Trinajstić information content (AvgIpc) is 2.60. The van der Waals surface area contributed by atoms with Crippen LogP contribution in [0.25, 0.3) is 21.9 Å². The van der Waals surface area contributed by atoms with E-state index in [0.29, 0.717) is 5.95 Å². The molecule has 3 aromatic rings. The van der Waals surface area contributed by atoms with Gasteiger partial charge in [0.25, 0.3) is 0 Å². The highest BCUT2D eigenvalue weighted by Gasteiger charge is 2.11. The van der Waals surface area contributed by atoms with E-state index < -0.39 is 0 Å². The number of aryl methyl sites for hydroxylation is 1. The highest BCUT2D eigenvalue weighted by atomic mass is 15.1. The van der Waals surface area contributed by atoms with E-state index in [9.17, 15) is 0 Å². The fourth-order valence-electron chi connectivity index (χ4n) is 2.22. The van der Waals surface area contributed by atoms with Crippen LogP contribution in [-0.2, 0) is 6.54 Å². The topological polar surface area (TPSA) is 82.8 Å². The van der Waals surface area contributed by atoms with Gasteiger partial charge in [0.05, 0.1) is 5.52 Å². The molecule has 0 saturated heterocycles. The zero-order chi connectivity index (χ0) is 12.0. The molecule has 4 N–H and O–H groups in total. The van der Waals surface area contributed by atoms with Gasteiger partial charge in [-0.25, -0.2) is 4.98 Å². The molecule has 2 aromatic heterocycles. The Labute approximate surface area is 98.1 Å². The Kier molecular flexibility index (Phi) is 1.95. The quantitative estimate of drug-likeness (QED) is 0.620. The number of hydrogen-bond acceptors (Lipinski definition) is 4. The van der Waals surface area contributed by atoms with Crippen molar-refractivity contribution in [3.05, 3.63) is 24.4 Å². The summed E-state index contributed by atoms with van der Waals surface area (Å²) in [6, 6.07) is 5.84. The lowest BCUT2D eigenvalue weighted by Gasteiger charge is -2.02. The molecule has 86 valence electrons. The molecule has 0 atom stereocenters. The lowest BCUT2D eigenvalue weighted by molar-refractivity contribution is 0.816. The molecule has 5 nitrogen and oxygen atoms in total. The van der Waals surface area contributed by atoms with E-state index in [1.165, 1.54) is 0 Å². The van der Waals surface area contributed by atoms with Gasteiger partial charge in [-0.2, -0.15) is 4.98 Å². The van der Waals surface area contributed by atoms with Crippen LogP contribution in [0.5, 0.6) is 0 Å². The molecular weight excluding hydrogens is 214 g/mol. The second-order valence-corrected chi connectivity index (χ2v) is 3.99. The summed E-state index contributed by atoms with van der Waals surface area (Å²) in [4.78, 5) is 8.35. The smallest absolute Gasteiger partial charge is 0.221 e. The monoisotopic (exact) mass is 227 g/mol. The first-order valence-corrected chi connectivity index (χ1v) is 5.50. The fourth-order valence-corrected chi connectivity index (χ4v) is 2.22. The Morgan fingerprint density at radius 3 is 2.82 bits per heavy atom. The Morgan fingerprint density at radius 1 is 1.24 bits per heavy atom. The number of hydrogen-bond donors (Lipinski definition) is 2. The van der Waals surface area contributed by atoms with Crippen molar-refractivity contribution in [3.8, 4) is 0 Å². The predicted molar refractivity (Wildman–Crippen MR) is 69.5 cm³/mol. The molecule has 17 heavy (non-hydrogen) atoms. The summed E-state index contributed by atoms with van der Waals surface area (Å²) < 4.78 is 2.10. The van der Waals surface area contributed by atoms with Crippen LogP contribution in [0.3, 0.4) is 0 Å². The van der Waals surface area contributed by atoms with Gasteiger partial charge < -0.3 is 16.0 Å². The number of nitrogens with two attached hydrogens (primary N) is 2. The van der Waals surface area contributed by atoms with Gasteiger partial charge in [-0.15, -0.1) is 0 Å². The second-order valence-electron chi connectivity index (χ2n) is 3.99. The molecule has 0 radical (unpaired) electrons. The van der Waals surface area contributed by atoms with E-state index in [2.05, 4.69) is 21.5 Å². The van der Waals surface area contributed by atoms with E-state index in [-0.39, 0.29) is 0 Å². The summed E-state index contributed by atoms with van der Waals surface area (Å²) in [5, 5.41) is 2.12. The molecule has 0 unspecified atom stereocenters. The van der Waals surface area contributed by atoms with E-state index in [0.717, 1.165) is 34.2 Å². The molecule has 0 amide bonds. The Bertz CT molecular complexity index is 654. The van der Waals surface area contributed by atoms with E-state index in [1.54, 1.807) is 6.20 Å². The van der Waals surface area contributed by atoms with Gasteiger partial charge >= 0.3 is 0 Å². The van der Waals surface area contributed by atoms with Crippen LogP contribution >= 0.6 is 0 Å². The molecule has 0 spiro atoms. The molecule has 0 fully saturated rings. The van der Waals surface area contributed by atoms with Gasteiger partial charge in [-0.1, -0.05) is 6.07 Å². The minimum atomic E-state index is 0.294. The summed E-state index contributed by atoms with van der Waals surface area (Å²) in [6.07, 6.45) is 1.77. The van der Waals surface area contributed by atoms with Gasteiger partial charge in [0.2, 0.25) is 5.95 Å². The van der Waals surface area contributed by atoms with Gasteiger partial charge in [0.15, 0.2) is 0 Å². The van der Waals surface area contributed by atoms with Crippen molar-refractivity contribution in [1.82, 2.24) is 14.5 Å². The van der Waals surface area contributed by atoms with Crippen LogP contribution in [0.1, 0.15) is 6.92 Å². The van der Waals surface area contributed by atoms with Crippen LogP contribution in [-0.4, -0.2) is 14.5 Å². The summed E-state index contributed by atoms with van der Waals surface area (Å²) in [5.74, 6) is 0.294. The first-order valence-electron chi connectivity index (χ1n) is 5.50. The predicted octanol–water partition coefficient (Wildman–Crippen LogP) is 1.77. The fraction of sp³-hybridized carbons (Fsp3) is 0.167. The first-order chi connectivity index (χ1) is 8.20. The summed E-state index contributed by atoms with van der Waals surface area (Å²) >= 11 is 0. The van der Waals surface area contributed by atoms with Gasteiger partial charge in [0.1, 0.15) is 5.65 Å². The maximum atomic E-state index is 5.83. The third kappa shape index (κ3) is 1.32. The first kappa shape index (κ1) is 9.89. The molecule has 2 heterocycles. The van der Waals surface area contributed by atoms with Crippen LogP contribution in [0.4, 0.5) is 11.6 Å². The standard InChI is InChI=1S/C12H13N5/c1-2-17-10-5-7(13)3-4-8(10)9-6-15-12(14)16-11(9)17/h3-6H,2,13H2,1H3,(H2,14,15,16). The van der Waals surface area contributed by atoms with Gasteiger partial charge in [-0.05, 0) is 19.1 Å². The Morgan fingerprint density at radius 2 is 2.06 bits per heavy atom. The number of aromatic nitrogens is 3. The third-order valence-electron chi connectivity index (χ3n) is 2.96. The van der Waals surface area contributed by atoms with E-state index in [1.807, 2.05) is 18.2 Å². The second kappa shape index (κ2) is 3.35. The van der Waals surface area contributed by atoms with E-state index in [4.69, 9.17) is 11.5 Å². The van der Waals surface area contributed by atoms with Gasteiger partial charge in [-0.3, -0.25) is 0 Å². The van der Waals surface area contributed by atoms with Crippen molar-refractivity contribution in [2.75, 3.05) is 11.5 Å². The highest BCUT2D eigenvalue weighted by molar-refractivity contribution is 6.07. The Hall–Kier alpha value is -2.30. The normalized spacial score (nSPS) is 11.4. The molecule has 0 aliphatic rings. The zero-order valence-electron chi connectivity index (χ0n) is 9.51. The average molecular weight is 227 g/mol. The maximum Gasteiger partial charge on any atom is 0.221 e. The molecule has 1 aromatic carbocycles. The zero-order valence-corrected chi connectivity index (χ0v) is 9.51. The third-order valence-corrected chi connectivity index (χ3v) is 2.96. The SMILES string of the molecule is CCn1c2cc(N)ccc2c2cnc(N)nc21. The lowest BCUT2D eigenvalue weighted by atomic mass is 10.2.